The maximum atomic E-state index is 14.9. The molecule has 1 fully saturated rings. The average Bonchev–Trinajstić information content (AvgIpc) is 3.09. The van der Waals surface area contributed by atoms with Gasteiger partial charge in [0.15, 0.2) is 0 Å². The first-order chi connectivity index (χ1) is 16.0. The van der Waals surface area contributed by atoms with E-state index in [-0.39, 0.29) is 29.0 Å². The van der Waals surface area contributed by atoms with Crippen LogP contribution < -0.4 is 9.47 Å². The van der Waals surface area contributed by atoms with Crippen LogP contribution in [0.4, 0.5) is 4.39 Å². The second-order valence-electron chi connectivity index (χ2n) is 7.37. The van der Waals surface area contributed by atoms with E-state index in [1.165, 1.54) is 43.4 Å². The molecule has 1 N–H and O–H groups in total. The van der Waals surface area contributed by atoms with Gasteiger partial charge in [0.25, 0.3) is 11.7 Å². The molecule has 1 saturated heterocycles. The molecule has 1 aromatic heterocycles. The van der Waals surface area contributed by atoms with Crippen LogP contribution in [0, 0.1) is 5.82 Å². The summed E-state index contributed by atoms with van der Waals surface area (Å²) in [6, 6.07) is 12.8. The number of nitrogens with zero attached hydrogens (tertiary/aromatic N) is 2. The molecule has 2 heterocycles. The lowest BCUT2D eigenvalue weighted by Gasteiger charge is -2.25. The summed E-state index contributed by atoms with van der Waals surface area (Å²) < 4.78 is 25.4. The van der Waals surface area contributed by atoms with Gasteiger partial charge in [-0.2, -0.15) is 0 Å². The number of methoxy groups -OCH3 is 2. The third-order valence-electron chi connectivity index (χ3n) is 5.51. The summed E-state index contributed by atoms with van der Waals surface area (Å²) in [6.07, 6.45) is 3.12. The number of aliphatic hydroxyl groups is 1. The van der Waals surface area contributed by atoms with E-state index in [0.29, 0.717) is 11.3 Å². The zero-order valence-corrected chi connectivity index (χ0v) is 18.0. The van der Waals surface area contributed by atoms with Crippen LogP contribution in [0.1, 0.15) is 22.7 Å². The summed E-state index contributed by atoms with van der Waals surface area (Å²) in [4.78, 5) is 31.4. The molecule has 1 amide bonds. The van der Waals surface area contributed by atoms with E-state index in [0.717, 1.165) is 0 Å². The third kappa shape index (κ3) is 4.03. The minimum absolute atomic E-state index is 0.0304. The Morgan fingerprint density at radius 2 is 1.79 bits per heavy atom. The van der Waals surface area contributed by atoms with E-state index < -0.39 is 29.3 Å². The van der Waals surface area contributed by atoms with Gasteiger partial charge in [0.05, 0.1) is 31.4 Å². The van der Waals surface area contributed by atoms with Gasteiger partial charge in [-0.25, -0.2) is 4.39 Å². The number of rotatable bonds is 6. The molecule has 1 aliphatic rings. The van der Waals surface area contributed by atoms with Crippen molar-refractivity contribution < 1.29 is 28.6 Å². The van der Waals surface area contributed by atoms with Gasteiger partial charge in [-0.1, -0.05) is 18.2 Å². The lowest BCUT2D eigenvalue weighted by Crippen LogP contribution is -2.29. The van der Waals surface area contributed by atoms with E-state index >= 15 is 0 Å². The van der Waals surface area contributed by atoms with E-state index in [2.05, 4.69) is 4.98 Å². The van der Waals surface area contributed by atoms with Crippen molar-refractivity contribution in [3.05, 3.63) is 95.1 Å². The zero-order valence-electron chi connectivity index (χ0n) is 18.0. The van der Waals surface area contributed by atoms with Crippen LogP contribution in [-0.4, -0.2) is 40.9 Å². The van der Waals surface area contributed by atoms with Gasteiger partial charge in [-0.3, -0.25) is 14.6 Å². The maximum absolute atomic E-state index is 14.9. The van der Waals surface area contributed by atoms with Gasteiger partial charge in [-0.05, 0) is 35.9 Å². The number of carbonyl (C=O) groups excluding carboxylic acids is 2. The van der Waals surface area contributed by atoms with Crippen LogP contribution in [0.25, 0.3) is 5.76 Å². The molecule has 7 nitrogen and oxygen atoms in total. The number of aliphatic hydroxyl groups excluding tert-OH is 1. The van der Waals surface area contributed by atoms with E-state index in [9.17, 15) is 19.1 Å². The summed E-state index contributed by atoms with van der Waals surface area (Å²) in [5.74, 6) is -2.09. The Balaban J connectivity index is 1.91. The first-order valence-corrected chi connectivity index (χ1v) is 10.1. The number of pyridine rings is 1. The highest BCUT2D eigenvalue weighted by Gasteiger charge is 2.47. The van der Waals surface area contributed by atoms with Crippen molar-refractivity contribution in [3.8, 4) is 11.5 Å². The van der Waals surface area contributed by atoms with Crippen LogP contribution in [0.15, 0.2) is 72.6 Å². The molecule has 0 spiro atoms. The van der Waals surface area contributed by atoms with Crippen molar-refractivity contribution in [2.45, 2.75) is 12.6 Å². The fourth-order valence-corrected chi connectivity index (χ4v) is 3.89. The smallest absolute Gasteiger partial charge is 0.295 e. The standard InChI is InChI=1S/C25H21FN2O5/c1-32-16-7-8-18(20(13-16)33-2)23(29)21-22(17-5-3-4-6-19(17)26)28(25(31)24(21)30)14-15-9-11-27-12-10-15/h3-13,22,29H,14H2,1-2H3/b23-21+. The maximum Gasteiger partial charge on any atom is 0.295 e. The van der Waals surface area contributed by atoms with Crippen molar-refractivity contribution >= 4 is 17.4 Å². The second kappa shape index (κ2) is 9.12. The number of ketones is 1. The Morgan fingerprint density at radius 1 is 1.06 bits per heavy atom. The second-order valence-corrected chi connectivity index (χ2v) is 7.37. The fourth-order valence-electron chi connectivity index (χ4n) is 3.89. The van der Waals surface area contributed by atoms with E-state index in [1.54, 1.807) is 42.7 Å². The van der Waals surface area contributed by atoms with Crippen LogP contribution in [0.2, 0.25) is 0 Å². The number of hydrogen-bond acceptors (Lipinski definition) is 6. The number of amides is 1. The van der Waals surface area contributed by atoms with Gasteiger partial charge in [0.1, 0.15) is 23.1 Å². The molecule has 8 heteroatoms. The minimum atomic E-state index is -1.13. The number of hydrogen-bond donors (Lipinski definition) is 1. The molecule has 0 aliphatic carbocycles. The number of benzene rings is 2. The molecule has 1 atom stereocenters. The topological polar surface area (TPSA) is 89.0 Å². The molecule has 4 rings (SSSR count). The summed E-state index contributed by atoms with van der Waals surface area (Å²) in [6.45, 7) is 0.0304. The Morgan fingerprint density at radius 3 is 2.45 bits per heavy atom. The summed E-state index contributed by atoms with van der Waals surface area (Å²) in [5, 5.41) is 11.2. The first kappa shape index (κ1) is 22.0. The quantitative estimate of drug-likeness (QED) is 0.350. The summed E-state index contributed by atoms with van der Waals surface area (Å²) >= 11 is 0. The van der Waals surface area contributed by atoms with Crippen molar-refractivity contribution in [3.63, 3.8) is 0 Å². The molecular formula is C25H21FN2O5. The van der Waals surface area contributed by atoms with Gasteiger partial charge in [0, 0.05) is 30.6 Å². The van der Waals surface area contributed by atoms with Crippen molar-refractivity contribution in [1.29, 1.82) is 0 Å². The monoisotopic (exact) mass is 448 g/mol. The van der Waals surface area contributed by atoms with E-state index in [4.69, 9.17) is 9.47 Å². The van der Waals surface area contributed by atoms with Crippen LogP contribution in [0.3, 0.4) is 0 Å². The number of halogens is 1. The zero-order chi connectivity index (χ0) is 23.5. The third-order valence-corrected chi connectivity index (χ3v) is 5.51. The first-order valence-electron chi connectivity index (χ1n) is 10.1. The van der Waals surface area contributed by atoms with Crippen LogP contribution >= 0.6 is 0 Å². The molecule has 168 valence electrons. The van der Waals surface area contributed by atoms with Gasteiger partial charge in [0.2, 0.25) is 0 Å². The summed E-state index contributed by atoms with van der Waals surface area (Å²) in [5.41, 5.74) is 0.763. The lowest BCUT2D eigenvalue weighted by molar-refractivity contribution is -0.140. The van der Waals surface area contributed by atoms with E-state index in [1.807, 2.05) is 0 Å². The SMILES string of the molecule is COc1ccc(/C(O)=C2\C(=O)C(=O)N(Cc3ccncc3)C2c2ccccc2F)c(OC)c1. The average molecular weight is 448 g/mol. The molecule has 3 aromatic rings. The number of ether oxygens (including phenoxy) is 2. The molecular weight excluding hydrogens is 427 g/mol. The molecule has 0 saturated carbocycles. The van der Waals surface area contributed by atoms with Crippen molar-refractivity contribution in [1.82, 2.24) is 9.88 Å². The molecule has 2 aromatic carbocycles. The van der Waals surface area contributed by atoms with Crippen molar-refractivity contribution in [2.75, 3.05) is 14.2 Å². The predicted molar refractivity (Wildman–Crippen MR) is 118 cm³/mol. The lowest BCUT2D eigenvalue weighted by atomic mass is 9.94. The molecule has 0 radical (unpaired) electrons. The van der Waals surface area contributed by atoms with Crippen molar-refractivity contribution in [2.24, 2.45) is 0 Å². The molecule has 33 heavy (non-hydrogen) atoms. The molecule has 1 unspecified atom stereocenters. The number of carbonyl (C=O) groups is 2. The van der Waals surface area contributed by atoms with Crippen LogP contribution in [-0.2, 0) is 16.1 Å². The number of aromatic nitrogens is 1. The Kier molecular flexibility index (Phi) is 6.08. The minimum Gasteiger partial charge on any atom is -0.507 e. The predicted octanol–water partition coefficient (Wildman–Crippen LogP) is 3.86. The normalized spacial score (nSPS) is 17.3. The Bertz CT molecular complexity index is 1240. The Hall–Kier alpha value is -4.20. The largest absolute Gasteiger partial charge is 0.507 e. The number of Topliss-reactive ketones (excluding diaryl/α,β-unsaturated/α-hetero) is 1. The highest BCUT2D eigenvalue weighted by molar-refractivity contribution is 6.46. The molecule has 1 aliphatic heterocycles. The van der Waals surface area contributed by atoms with Crippen LogP contribution in [0.5, 0.6) is 11.5 Å². The van der Waals surface area contributed by atoms with Gasteiger partial charge >= 0.3 is 0 Å². The number of likely N-dealkylation sites (tertiary alicyclic amines) is 1. The Labute approximate surface area is 189 Å². The summed E-state index contributed by atoms with van der Waals surface area (Å²) in [7, 11) is 2.89. The highest BCUT2D eigenvalue weighted by atomic mass is 19.1. The fraction of sp³-hybridized carbons (Fsp3) is 0.160. The highest BCUT2D eigenvalue weighted by Crippen LogP contribution is 2.42. The molecule has 0 bridgehead atoms. The van der Waals surface area contributed by atoms with Gasteiger partial charge < -0.3 is 19.5 Å². The van der Waals surface area contributed by atoms with Gasteiger partial charge in [-0.15, -0.1) is 0 Å².